The lowest BCUT2D eigenvalue weighted by Gasteiger charge is -2.20. The molecule has 0 amide bonds. The zero-order chi connectivity index (χ0) is 12.1. The number of hydrogen-bond acceptors (Lipinski definition) is 2. The molecule has 2 rings (SSSR count). The molecule has 2 nitrogen and oxygen atoms in total. The minimum absolute atomic E-state index is 0.194. The second-order valence-corrected chi connectivity index (χ2v) is 5.22. The van der Waals surface area contributed by atoms with Crippen LogP contribution in [0.1, 0.15) is 55.3 Å². The van der Waals surface area contributed by atoms with Crippen LogP contribution in [0.15, 0.2) is 18.3 Å². The van der Waals surface area contributed by atoms with Crippen LogP contribution in [0.4, 0.5) is 0 Å². The number of aromatic nitrogens is 1. The zero-order valence-electron chi connectivity index (χ0n) is 9.99. The fraction of sp³-hybridized carbons (Fsp3) is 0.571. The molecule has 0 N–H and O–H groups in total. The third-order valence-electron chi connectivity index (χ3n) is 3.55. The number of hydrogen-bond donors (Lipinski definition) is 0. The Morgan fingerprint density at radius 3 is 2.82 bits per heavy atom. The van der Waals surface area contributed by atoms with Crippen LogP contribution < -0.4 is 0 Å². The van der Waals surface area contributed by atoms with Crippen molar-refractivity contribution < 1.29 is 4.79 Å². The lowest BCUT2D eigenvalue weighted by atomic mass is 9.85. The fourth-order valence-electron chi connectivity index (χ4n) is 2.53. The molecular weight excluding hydrogens is 234 g/mol. The van der Waals surface area contributed by atoms with E-state index >= 15 is 0 Å². The first kappa shape index (κ1) is 12.6. The average Bonchev–Trinajstić information content (AvgIpc) is 2.37. The molecule has 1 aliphatic carbocycles. The smallest absolute Gasteiger partial charge is 0.163 e. The van der Waals surface area contributed by atoms with Crippen molar-refractivity contribution in [3.8, 4) is 0 Å². The van der Waals surface area contributed by atoms with E-state index in [9.17, 15) is 4.79 Å². The van der Waals surface area contributed by atoms with Crippen LogP contribution in [0, 0.1) is 5.92 Å². The summed E-state index contributed by atoms with van der Waals surface area (Å²) in [6, 6.07) is 3.40. The molecule has 1 heterocycles. The van der Waals surface area contributed by atoms with Gasteiger partial charge in [0, 0.05) is 18.2 Å². The summed E-state index contributed by atoms with van der Waals surface area (Å²) in [6.07, 6.45) is 9.89. The van der Waals surface area contributed by atoms with Crippen LogP contribution in [0.2, 0.25) is 5.15 Å². The third kappa shape index (κ3) is 3.81. The maximum absolute atomic E-state index is 12.0. The first-order valence-corrected chi connectivity index (χ1v) is 6.78. The van der Waals surface area contributed by atoms with Gasteiger partial charge in [0.25, 0.3) is 0 Å². The van der Waals surface area contributed by atoms with E-state index in [2.05, 4.69) is 4.98 Å². The van der Waals surface area contributed by atoms with E-state index in [0.717, 1.165) is 12.3 Å². The van der Waals surface area contributed by atoms with Gasteiger partial charge in [0.2, 0.25) is 0 Å². The Morgan fingerprint density at radius 2 is 2.12 bits per heavy atom. The van der Waals surface area contributed by atoms with Gasteiger partial charge in [-0.05, 0) is 24.5 Å². The van der Waals surface area contributed by atoms with Gasteiger partial charge in [-0.3, -0.25) is 4.79 Å². The topological polar surface area (TPSA) is 30.0 Å². The Hall–Kier alpha value is -0.890. The van der Waals surface area contributed by atoms with Crippen LogP contribution in [-0.4, -0.2) is 10.8 Å². The molecule has 1 aromatic heterocycles. The van der Waals surface area contributed by atoms with Crippen LogP contribution in [0.25, 0.3) is 0 Å². The van der Waals surface area contributed by atoms with E-state index in [1.165, 1.54) is 32.1 Å². The molecule has 3 heteroatoms. The van der Waals surface area contributed by atoms with Crippen molar-refractivity contribution in [1.82, 2.24) is 4.98 Å². The van der Waals surface area contributed by atoms with E-state index < -0.39 is 0 Å². The molecule has 1 saturated carbocycles. The molecular formula is C14H18ClNO. The van der Waals surface area contributed by atoms with Crippen LogP contribution in [0.3, 0.4) is 0 Å². The van der Waals surface area contributed by atoms with E-state index in [1.807, 2.05) is 0 Å². The van der Waals surface area contributed by atoms with Gasteiger partial charge >= 0.3 is 0 Å². The summed E-state index contributed by atoms with van der Waals surface area (Å²) >= 11 is 5.77. The van der Waals surface area contributed by atoms with Gasteiger partial charge in [-0.2, -0.15) is 0 Å². The Morgan fingerprint density at radius 1 is 1.35 bits per heavy atom. The van der Waals surface area contributed by atoms with Gasteiger partial charge in [-0.1, -0.05) is 43.7 Å². The molecule has 0 unspecified atom stereocenters. The Balaban J connectivity index is 1.84. The predicted octanol–water partition coefficient (Wildman–Crippen LogP) is 4.28. The highest BCUT2D eigenvalue weighted by Crippen LogP contribution is 2.27. The molecule has 0 radical (unpaired) electrons. The summed E-state index contributed by atoms with van der Waals surface area (Å²) in [5.41, 5.74) is 0.695. The molecule has 92 valence electrons. The Labute approximate surface area is 107 Å². The molecule has 0 aromatic carbocycles. The summed E-state index contributed by atoms with van der Waals surface area (Å²) in [7, 11) is 0. The van der Waals surface area contributed by atoms with Crippen molar-refractivity contribution in [2.75, 3.05) is 0 Å². The first-order chi connectivity index (χ1) is 8.25. The maximum atomic E-state index is 12.0. The molecule has 17 heavy (non-hydrogen) atoms. The number of carbonyl (C=O) groups excluding carboxylic acids is 1. The Bertz CT molecular complexity index is 386. The highest BCUT2D eigenvalue weighted by Gasteiger charge is 2.15. The molecule has 0 spiro atoms. The molecule has 1 fully saturated rings. The van der Waals surface area contributed by atoms with E-state index in [-0.39, 0.29) is 5.78 Å². The van der Waals surface area contributed by atoms with Crippen LogP contribution in [0.5, 0.6) is 0 Å². The summed E-state index contributed by atoms with van der Waals surface area (Å²) in [4.78, 5) is 15.8. The minimum Gasteiger partial charge on any atom is -0.294 e. The van der Waals surface area contributed by atoms with Crippen molar-refractivity contribution in [1.29, 1.82) is 0 Å². The largest absolute Gasteiger partial charge is 0.294 e. The van der Waals surface area contributed by atoms with Crippen molar-refractivity contribution in [2.45, 2.75) is 44.9 Å². The van der Waals surface area contributed by atoms with E-state index in [0.29, 0.717) is 17.1 Å². The summed E-state index contributed by atoms with van der Waals surface area (Å²) < 4.78 is 0. The quantitative estimate of drug-likeness (QED) is 0.591. The number of pyridine rings is 1. The summed E-state index contributed by atoms with van der Waals surface area (Å²) in [5.74, 6) is 0.949. The van der Waals surface area contributed by atoms with Gasteiger partial charge in [-0.25, -0.2) is 4.98 Å². The number of nitrogens with zero attached hydrogens (tertiary/aromatic N) is 1. The molecule has 0 bridgehead atoms. The second-order valence-electron chi connectivity index (χ2n) is 4.83. The van der Waals surface area contributed by atoms with Gasteiger partial charge < -0.3 is 0 Å². The maximum Gasteiger partial charge on any atom is 0.163 e. The predicted molar refractivity (Wildman–Crippen MR) is 69.4 cm³/mol. The van der Waals surface area contributed by atoms with Crippen molar-refractivity contribution >= 4 is 17.4 Å². The van der Waals surface area contributed by atoms with Crippen LogP contribution in [-0.2, 0) is 0 Å². The van der Waals surface area contributed by atoms with Gasteiger partial charge in [0.05, 0.1) is 0 Å². The van der Waals surface area contributed by atoms with E-state index in [4.69, 9.17) is 11.6 Å². The number of carbonyl (C=O) groups is 1. The molecule has 0 saturated heterocycles. The molecule has 0 aliphatic heterocycles. The van der Waals surface area contributed by atoms with Gasteiger partial charge in [0.1, 0.15) is 5.15 Å². The number of ketones is 1. The van der Waals surface area contributed by atoms with Gasteiger partial charge in [0.15, 0.2) is 5.78 Å². The van der Waals surface area contributed by atoms with Crippen molar-refractivity contribution in [2.24, 2.45) is 5.92 Å². The highest BCUT2D eigenvalue weighted by molar-refractivity contribution is 6.29. The fourth-order valence-corrected chi connectivity index (χ4v) is 2.71. The normalized spacial score (nSPS) is 17.0. The minimum atomic E-state index is 0.194. The summed E-state index contributed by atoms with van der Waals surface area (Å²) in [5, 5.41) is 0.397. The van der Waals surface area contributed by atoms with Gasteiger partial charge in [-0.15, -0.1) is 0 Å². The van der Waals surface area contributed by atoms with Crippen molar-refractivity contribution in [3.63, 3.8) is 0 Å². The lowest BCUT2D eigenvalue weighted by molar-refractivity contribution is 0.0970. The number of halogens is 1. The standard InChI is InChI=1S/C14H18ClNO/c15-14-10-12(8-9-16-14)13(17)7-6-11-4-2-1-3-5-11/h8-11H,1-7H2. The molecule has 0 atom stereocenters. The summed E-state index contributed by atoms with van der Waals surface area (Å²) in [6.45, 7) is 0. The number of rotatable bonds is 4. The average molecular weight is 252 g/mol. The van der Waals surface area contributed by atoms with Crippen molar-refractivity contribution in [3.05, 3.63) is 29.0 Å². The second kappa shape index (κ2) is 6.15. The number of Topliss-reactive ketones (excluding diaryl/α,β-unsaturated/α-hetero) is 1. The highest BCUT2D eigenvalue weighted by atomic mass is 35.5. The molecule has 1 aliphatic rings. The lowest BCUT2D eigenvalue weighted by Crippen LogP contribution is -2.09. The molecule has 1 aromatic rings. The zero-order valence-corrected chi connectivity index (χ0v) is 10.7. The third-order valence-corrected chi connectivity index (χ3v) is 3.76. The SMILES string of the molecule is O=C(CCC1CCCCC1)c1ccnc(Cl)c1. The monoisotopic (exact) mass is 251 g/mol. The Kier molecular flexibility index (Phi) is 4.55. The first-order valence-electron chi connectivity index (χ1n) is 6.40. The van der Waals surface area contributed by atoms with Crippen LogP contribution >= 0.6 is 11.6 Å². The van der Waals surface area contributed by atoms with E-state index in [1.54, 1.807) is 18.3 Å².